The zero-order chi connectivity index (χ0) is 15.2. The molecule has 0 saturated carbocycles. The average Bonchev–Trinajstić information content (AvgIpc) is 2.48. The second-order valence-electron chi connectivity index (χ2n) is 4.68. The Morgan fingerprint density at radius 2 is 2.00 bits per heavy atom. The number of carbonyl (C=O) groups is 1. The fraction of sp³-hybridized carbons (Fsp3) is 0.667. The molecule has 0 aromatic carbocycles. The van der Waals surface area contributed by atoms with Gasteiger partial charge in [-0.3, -0.25) is 4.79 Å². The van der Waals surface area contributed by atoms with Crippen molar-refractivity contribution in [3.8, 4) is 0 Å². The molecule has 1 fully saturated rings. The van der Waals surface area contributed by atoms with Crippen molar-refractivity contribution in [1.82, 2.24) is 15.0 Å². The van der Waals surface area contributed by atoms with Gasteiger partial charge < -0.3 is 26.0 Å². The lowest BCUT2D eigenvalue weighted by Gasteiger charge is -2.27. The topological polar surface area (TPSA) is 118 Å². The number of primary amides is 1. The van der Waals surface area contributed by atoms with Gasteiger partial charge in [0.2, 0.25) is 23.8 Å². The van der Waals surface area contributed by atoms with E-state index in [0.29, 0.717) is 37.6 Å². The summed E-state index contributed by atoms with van der Waals surface area (Å²) < 4.78 is 5.32. The van der Waals surface area contributed by atoms with E-state index >= 15 is 0 Å². The van der Waals surface area contributed by atoms with Crippen molar-refractivity contribution in [2.75, 3.05) is 48.4 Å². The summed E-state index contributed by atoms with van der Waals surface area (Å²) in [5.41, 5.74) is 5.25. The molecular formula is C12H21N7O2. The molecule has 21 heavy (non-hydrogen) atoms. The molecule has 1 aromatic rings. The number of nitrogens with two attached hydrogens (primary N) is 1. The summed E-state index contributed by atoms with van der Waals surface area (Å²) in [4.78, 5) is 26.1. The number of ether oxygens (including phenoxy) is 1. The Kier molecular flexibility index (Phi) is 5.09. The Balaban J connectivity index is 2.22. The van der Waals surface area contributed by atoms with E-state index in [9.17, 15) is 4.79 Å². The molecule has 116 valence electrons. The number of amides is 1. The normalized spacial score (nSPS) is 16.4. The van der Waals surface area contributed by atoms with Crippen LogP contribution in [0.3, 0.4) is 0 Å². The maximum atomic E-state index is 11.1. The molecule has 1 aliphatic rings. The van der Waals surface area contributed by atoms with E-state index in [1.165, 1.54) is 0 Å². The van der Waals surface area contributed by atoms with Crippen molar-refractivity contribution in [3.05, 3.63) is 0 Å². The van der Waals surface area contributed by atoms with E-state index in [-0.39, 0.29) is 0 Å². The van der Waals surface area contributed by atoms with E-state index in [0.717, 1.165) is 13.1 Å². The first-order valence-corrected chi connectivity index (χ1v) is 6.98. The summed E-state index contributed by atoms with van der Waals surface area (Å²) in [6, 6.07) is -0.556. The molecular weight excluding hydrogens is 274 g/mol. The van der Waals surface area contributed by atoms with Crippen molar-refractivity contribution >= 4 is 23.8 Å². The Hall–Kier alpha value is -2.16. The lowest BCUT2D eigenvalue weighted by molar-refractivity contribution is -0.118. The minimum Gasteiger partial charge on any atom is -0.378 e. The van der Waals surface area contributed by atoms with Crippen LogP contribution in [0.2, 0.25) is 0 Å². The monoisotopic (exact) mass is 295 g/mol. The molecule has 1 unspecified atom stereocenters. The van der Waals surface area contributed by atoms with E-state index in [4.69, 9.17) is 10.5 Å². The van der Waals surface area contributed by atoms with Crippen molar-refractivity contribution in [2.24, 2.45) is 5.73 Å². The molecule has 4 N–H and O–H groups in total. The third kappa shape index (κ3) is 4.15. The average molecular weight is 295 g/mol. The van der Waals surface area contributed by atoms with Crippen molar-refractivity contribution in [2.45, 2.75) is 19.9 Å². The van der Waals surface area contributed by atoms with Crippen LogP contribution < -0.4 is 21.3 Å². The third-order valence-electron chi connectivity index (χ3n) is 3.02. The summed E-state index contributed by atoms with van der Waals surface area (Å²) in [5.74, 6) is 0.888. The summed E-state index contributed by atoms with van der Waals surface area (Å²) in [6.45, 7) is 7.04. The molecule has 0 aliphatic carbocycles. The van der Waals surface area contributed by atoms with Crippen LogP contribution in [0.15, 0.2) is 0 Å². The van der Waals surface area contributed by atoms with Gasteiger partial charge in [-0.25, -0.2) is 0 Å². The molecule has 9 nitrogen and oxygen atoms in total. The minimum atomic E-state index is -0.556. The van der Waals surface area contributed by atoms with E-state index in [1.807, 2.05) is 11.8 Å². The highest BCUT2D eigenvalue weighted by Crippen LogP contribution is 2.15. The van der Waals surface area contributed by atoms with Crippen LogP contribution in [-0.4, -0.2) is 59.7 Å². The fourth-order valence-corrected chi connectivity index (χ4v) is 1.84. The molecule has 2 heterocycles. The molecule has 0 bridgehead atoms. The van der Waals surface area contributed by atoms with Crippen LogP contribution in [0.1, 0.15) is 13.8 Å². The number of morpholine rings is 1. The minimum absolute atomic E-state index is 0.328. The standard InChI is InChI=1S/C12H21N7O2/c1-3-14-10-16-11(15-8(2)9(13)20)18-12(17-10)19-4-6-21-7-5-19/h8H,3-7H2,1-2H3,(H2,13,20)(H2,14,15,16,17,18). The van der Waals surface area contributed by atoms with Crippen LogP contribution >= 0.6 is 0 Å². The number of anilines is 3. The number of nitrogens with zero attached hydrogens (tertiary/aromatic N) is 4. The smallest absolute Gasteiger partial charge is 0.239 e. The van der Waals surface area contributed by atoms with Crippen LogP contribution in [0.25, 0.3) is 0 Å². The highest BCUT2D eigenvalue weighted by molar-refractivity contribution is 5.81. The van der Waals surface area contributed by atoms with Crippen LogP contribution in [0.5, 0.6) is 0 Å². The summed E-state index contributed by atoms with van der Waals surface area (Å²) in [5, 5.41) is 5.94. The van der Waals surface area contributed by atoms with Gasteiger partial charge in [0.15, 0.2) is 0 Å². The molecule has 9 heteroatoms. The summed E-state index contributed by atoms with van der Waals surface area (Å²) in [7, 11) is 0. The van der Waals surface area contributed by atoms with Crippen LogP contribution in [0, 0.1) is 0 Å². The van der Waals surface area contributed by atoms with Gasteiger partial charge in [0.1, 0.15) is 6.04 Å². The highest BCUT2D eigenvalue weighted by Gasteiger charge is 2.18. The van der Waals surface area contributed by atoms with Gasteiger partial charge in [0.05, 0.1) is 13.2 Å². The van der Waals surface area contributed by atoms with E-state index < -0.39 is 11.9 Å². The Labute approximate surface area is 123 Å². The maximum absolute atomic E-state index is 11.1. The predicted molar refractivity (Wildman–Crippen MR) is 79.3 cm³/mol. The van der Waals surface area contributed by atoms with Crippen LogP contribution in [-0.2, 0) is 9.53 Å². The molecule has 2 rings (SSSR count). The quantitative estimate of drug-likeness (QED) is 0.638. The van der Waals surface area contributed by atoms with Crippen molar-refractivity contribution in [1.29, 1.82) is 0 Å². The number of carbonyl (C=O) groups excluding carboxylic acids is 1. The zero-order valence-corrected chi connectivity index (χ0v) is 12.3. The van der Waals surface area contributed by atoms with Gasteiger partial charge in [0, 0.05) is 19.6 Å². The lowest BCUT2D eigenvalue weighted by atomic mass is 10.3. The van der Waals surface area contributed by atoms with Gasteiger partial charge in [-0.1, -0.05) is 0 Å². The summed E-state index contributed by atoms with van der Waals surface area (Å²) in [6.07, 6.45) is 0. The van der Waals surface area contributed by atoms with Crippen molar-refractivity contribution < 1.29 is 9.53 Å². The maximum Gasteiger partial charge on any atom is 0.239 e. The van der Waals surface area contributed by atoms with Crippen molar-refractivity contribution in [3.63, 3.8) is 0 Å². The number of aromatic nitrogens is 3. The molecule has 0 radical (unpaired) electrons. The Bertz CT molecular complexity index is 490. The van der Waals surface area contributed by atoms with Gasteiger partial charge in [-0.05, 0) is 13.8 Å². The molecule has 1 atom stereocenters. The second-order valence-corrected chi connectivity index (χ2v) is 4.68. The van der Waals surface area contributed by atoms with Gasteiger partial charge >= 0.3 is 0 Å². The third-order valence-corrected chi connectivity index (χ3v) is 3.02. The van der Waals surface area contributed by atoms with E-state index in [2.05, 4.69) is 25.6 Å². The second kappa shape index (κ2) is 7.02. The first kappa shape index (κ1) is 15.2. The largest absolute Gasteiger partial charge is 0.378 e. The Morgan fingerprint density at radius 1 is 1.33 bits per heavy atom. The summed E-state index contributed by atoms with van der Waals surface area (Å²) >= 11 is 0. The number of hydrogen-bond acceptors (Lipinski definition) is 8. The van der Waals surface area contributed by atoms with Gasteiger partial charge in [0.25, 0.3) is 0 Å². The highest BCUT2D eigenvalue weighted by atomic mass is 16.5. The number of hydrogen-bond donors (Lipinski definition) is 3. The molecule has 1 aromatic heterocycles. The van der Waals surface area contributed by atoms with Gasteiger partial charge in [-0.15, -0.1) is 0 Å². The SMILES string of the molecule is CCNc1nc(NC(C)C(N)=O)nc(N2CCOCC2)n1. The first-order chi connectivity index (χ1) is 10.1. The first-order valence-electron chi connectivity index (χ1n) is 6.98. The van der Waals surface area contributed by atoms with E-state index in [1.54, 1.807) is 6.92 Å². The van der Waals surface area contributed by atoms with Gasteiger partial charge in [-0.2, -0.15) is 15.0 Å². The molecule has 1 saturated heterocycles. The fourth-order valence-electron chi connectivity index (χ4n) is 1.84. The molecule has 1 amide bonds. The predicted octanol–water partition coefficient (Wildman–Crippen LogP) is -0.574. The number of nitrogens with one attached hydrogen (secondary N) is 2. The molecule has 0 spiro atoms. The molecule has 1 aliphatic heterocycles. The Morgan fingerprint density at radius 3 is 2.62 bits per heavy atom. The van der Waals surface area contributed by atoms with Crippen LogP contribution in [0.4, 0.5) is 17.8 Å². The number of rotatable bonds is 6. The lowest BCUT2D eigenvalue weighted by Crippen LogP contribution is -2.38. The zero-order valence-electron chi connectivity index (χ0n) is 12.3.